The predicted molar refractivity (Wildman–Crippen MR) is 159 cm³/mol. The number of fused-ring (bicyclic) bond motifs is 1. The Morgan fingerprint density at radius 3 is 2.51 bits per heavy atom. The molecule has 10 heteroatoms. The molecule has 0 bridgehead atoms. The third kappa shape index (κ3) is 9.06. The molecule has 226 valence electrons. The van der Waals surface area contributed by atoms with E-state index in [4.69, 9.17) is 9.47 Å². The fraction of sp³-hybridized carbons (Fsp3) is 0.548. The summed E-state index contributed by atoms with van der Waals surface area (Å²) in [7, 11) is 5.51. The first-order valence-electron chi connectivity index (χ1n) is 14.3. The van der Waals surface area contributed by atoms with Crippen LogP contribution in [0.4, 0.5) is 20.6 Å². The Bertz CT molecular complexity index is 1150. The highest BCUT2D eigenvalue weighted by atomic mass is 19.1. The normalized spacial score (nSPS) is 21.2. The van der Waals surface area contributed by atoms with E-state index in [1.807, 2.05) is 58.0 Å². The molecule has 41 heavy (non-hydrogen) atoms. The standard InChI is InChI=1S/C31H45FN4O5/c1-21-18-36(22(2)20-37)30(38)27-17-26(34(4)5)14-15-28(27)41-23(3)9-7-8-16-40-29(21)19-35(6)31(39)33-25-12-10-24(32)11-13-25/h10-15,17,21-23,29,37H,7-9,16,18-20H2,1-6H3,(H,33,39)/t21-,22-,23-,29+/m1/s1. The molecule has 0 unspecified atom stereocenters. The molecule has 4 atom stereocenters. The van der Waals surface area contributed by atoms with Gasteiger partial charge in [-0.15, -0.1) is 0 Å². The van der Waals surface area contributed by atoms with E-state index in [1.165, 1.54) is 29.2 Å². The van der Waals surface area contributed by atoms with Gasteiger partial charge in [0.15, 0.2) is 0 Å². The summed E-state index contributed by atoms with van der Waals surface area (Å²) in [6.45, 7) is 6.68. The van der Waals surface area contributed by atoms with Crippen LogP contribution in [-0.2, 0) is 4.74 Å². The lowest BCUT2D eigenvalue weighted by molar-refractivity contribution is -0.0115. The van der Waals surface area contributed by atoms with Crippen LogP contribution in [0.2, 0.25) is 0 Å². The first kappa shape index (κ1) is 32.1. The molecule has 3 rings (SSSR count). The zero-order valence-electron chi connectivity index (χ0n) is 25.1. The molecule has 0 saturated heterocycles. The molecule has 1 aliphatic rings. The Morgan fingerprint density at radius 2 is 1.85 bits per heavy atom. The molecule has 0 fully saturated rings. The van der Waals surface area contributed by atoms with Crippen LogP contribution in [0.5, 0.6) is 5.75 Å². The SMILES string of the molecule is C[C@@H]1CCCCO[C@@H](CN(C)C(=O)Nc2ccc(F)cc2)[C@H](C)CN([C@H](C)CO)C(=O)c2cc(N(C)C)ccc2O1. The minimum atomic E-state index is -0.453. The minimum absolute atomic E-state index is 0.102. The van der Waals surface area contributed by atoms with Gasteiger partial charge in [-0.3, -0.25) is 4.79 Å². The number of benzene rings is 2. The molecule has 1 aliphatic heterocycles. The van der Waals surface area contributed by atoms with Crippen LogP contribution in [0.15, 0.2) is 42.5 Å². The minimum Gasteiger partial charge on any atom is -0.490 e. The van der Waals surface area contributed by atoms with E-state index in [0.29, 0.717) is 30.2 Å². The summed E-state index contributed by atoms with van der Waals surface area (Å²) in [5.74, 6) is -0.256. The second-order valence-corrected chi connectivity index (χ2v) is 11.2. The Morgan fingerprint density at radius 1 is 1.15 bits per heavy atom. The summed E-state index contributed by atoms with van der Waals surface area (Å²) >= 11 is 0. The Hall–Kier alpha value is -3.37. The monoisotopic (exact) mass is 572 g/mol. The van der Waals surface area contributed by atoms with E-state index in [-0.39, 0.29) is 49.0 Å². The molecular formula is C31H45FN4O5. The van der Waals surface area contributed by atoms with E-state index >= 15 is 0 Å². The van der Waals surface area contributed by atoms with Crippen molar-refractivity contribution in [1.82, 2.24) is 9.80 Å². The summed E-state index contributed by atoms with van der Waals surface area (Å²) in [5.41, 5.74) is 1.80. The number of hydrogen-bond acceptors (Lipinski definition) is 6. The van der Waals surface area contributed by atoms with E-state index in [0.717, 1.165) is 24.9 Å². The van der Waals surface area contributed by atoms with Crippen molar-refractivity contribution in [2.24, 2.45) is 5.92 Å². The Balaban J connectivity index is 1.87. The van der Waals surface area contributed by atoms with Gasteiger partial charge in [-0.05, 0) is 75.6 Å². The van der Waals surface area contributed by atoms with Crippen molar-refractivity contribution in [3.05, 3.63) is 53.8 Å². The molecule has 0 saturated carbocycles. The molecule has 0 aromatic heterocycles. The highest BCUT2D eigenvalue weighted by molar-refractivity contribution is 5.98. The van der Waals surface area contributed by atoms with Crippen molar-refractivity contribution in [1.29, 1.82) is 0 Å². The van der Waals surface area contributed by atoms with Crippen LogP contribution in [-0.4, -0.2) is 92.5 Å². The second-order valence-electron chi connectivity index (χ2n) is 11.2. The molecule has 9 nitrogen and oxygen atoms in total. The maximum absolute atomic E-state index is 14.1. The van der Waals surface area contributed by atoms with Crippen molar-refractivity contribution in [3.63, 3.8) is 0 Å². The quantitative estimate of drug-likeness (QED) is 0.514. The largest absolute Gasteiger partial charge is 0.490 e. The van der Waals surface area contributed by atoms with Crippen LogP contribution in [0, 0.1) is 11.7 Å². The molecule has 2 aromatic rings. The number of anilines is 2. The van der Waals surface area contributed by atoms with Crippen LogP contribution in [0.25, 0.3) is 0 Å². The summed E-state index contributed by atoms with van der Waals surface area (Å²) in [5, 5.41) is 12.9. The van der Waals surface area contributed by atoms with Gasteiger partial charge < -0.3 is 34.6 Å². The molecular weight excluding hydrogens is 527 g/mol. The van der Waals surface area contributed by atoms with Crippen molar-refractivity contribution in [2.45, 2.75) is 58.3 Å². The van der Waals surface area contributed by atoms with E-state index < -0.39 is 6.04 Å². The molecule has 3 amide bonds. The lowest BCUT2D eigenvalue weighted by Gasteiger charge is -2.36. The number of amides is 3. The van der Waals surface area contributed by atoms with Crippen molar-refractivity contribution in [2.75, 3.05) is 57.7 Å². The van der Waals surface area contributed by atoms with Gasteiger partial charge in [0, 0.05) is 58.1 Å². The number of urea groups is 1. The average Bonchev–Trinajstić information content (AvgIpc) is 2.94. The summed E-state index contributed by atoms with van der Waals surface area (Å²) < 4.78 is 25.8. The van der Waals surface area contributed by atoms with Gasteiger partial charge in [0.1, 0.15) is 11.6 Å². The van der Waals surface area contributed by atoms with Crippen molar-refractivity contribution < 1.29 is 28.6 Å². The lowest BCUT2D eigenvalue weighted by Crippen LogP contribution is -2.48. The molecule has 2 N–H and O–H groups in total. The van der Waals surface area contributed by atoms with Gasteiger partial charge in [-0.1, -0.05) is 6.92 Å². The molecule has 2 aromatic carbocycles. The Kier molecular flexibility index (Phi) is 11.8. The number of aliphatic hydroxyl groups excluding tert-OH is 1. The fourth-order valence-corrected chi connectivity index (χ4v) is 4.76. The number of carbonyl (C=O) groups excluding carboxylic acids is 2. The summed E-state index contributed by atoms with van der Waals surface area (Å²) in [6.07, 6.45) is 2.03. The van der Waals surface area contributed by atoms with Gasteiger partial charge in [-0.2, -0.15) is 0 Å². The smallest absolute Gasteiger partial charge is 0.321 e. The van der Waals surface area contributed by atoms with Crippen LogP contribution < -0.4 is 15.0 Å². The van der Waals surface area contributed by atoms with Gasteiger partial charge >= 0.3 is 6.03 Å². The number of aliphatic hydroxyl groups is 1. The van der Waals surface area contributed by atoms with Gasteiger partial charge in [0.05, 0.1) is 30.4 Å². The number of carbonyl (C=O) groups is 2. The van der Waals surface area contributed by atoms with E-state index in [1.54, 1.807) is 11.9 Å². The summed E-state index contributed by atoms with van der Waals surface area (Å²) in [6, 6.07) is 10.4. The van der Waals surface area contributed by atoms with Crippen molar-refractivity contribution >= 4 is 23.3 Å². The zero-order chi connectivity index (χ0) is 30.1. The van der Waals surface area contributed by atoms with Crippen LogP contribution in [0.1, 0.15) is 50.4 Å². The van der Waals surface area contributed by atoms with Gasteiger partial charge in [0.2, 0.25) is 0 Å². The van der Waals surface area contributed by atoms with Crippen LogP contribution >= 0.6 is 0 Å². The lowest BCUT2D eigenvalue weighted by atomic mass is 10.0. The first-order chi connectivity index (χ1) is 19.5. The fourth-order valence-electron chi connectivity index (χ4n) is 4.76. The van der Waals surface area contributed by atoms with Gasteiger partial charge in [0.25, 0.3) is 5.91 Å². The number of nitrogens with one attached hydrogen (secondary N) is 1. The zero-order valence-corrected chi connectivity index (χ0v) is 25.1. The summed E-state index contributed by atoms with van der Waals surface area (Å²) in [4.78, 5) is 32.1. The first-order valence-corrected chi connectivity index (χ1v) is 14.3. The number of nitrogens with zero attached hydrogens (tertiary/aromatic N) is 3. The predicted octanol–water partition coefficient (Wildman–Crippen LogP) is 4.85. The number of halogens is 1. The van der Waals surface area contributed by atoms with Crippen LogP contribution in [0.3, 0.4) is 0 Å². The molecule has 0 spiro atoms. The molecule has 1 heterocycles. The van der Waals surface area contributed by atoms with Gasteiger partial charge in [-0.25, -0.2) is 9.18 Å². The number of rotatable bonds is 6. The van der Waals surface area contributed by atoms with Crippen molar-refractivity contribution in [3.8, 4) is 5.75 Å². The van der Waals surface area contributed by atoms with E-state index in [9.17, 15) is 19.1 Å². The molecule has 0 radical (unpaired) electrons. The highest BCUT2D eigenvalue weighted by Gasteiger charge is 2.31. The Labute approximate surface area is 243 Å². The molecule has 0 aliphatic carbocycles. The average molecular weight is 573 g/mol. The highest BCUT2D eigenvalue weighted by Crippen LogP contribution is 2.29. The second kappa shape index (κ2) is 15.0. The maximum atomic E-state index is 14.1. The number of likely N-dealkylation sites (N-methyl/N-ethyl adjacent to an activating group) is 1. The third-order valence-electron chi connectivity index (χ3n) is 7.45. The number of ether oxygens (including phenoxy) is 2. The van der Waals surface area contributed by atoms with E-state index in [2.05, 4.69) is 5.32 Å². The topological polar surface area (TPSA) is 94.6 Å². The number of hydrogen-bond donors (Lipinski definition) is 2. The third-order valence-corrected chi connectivity index (χ3v) is 7.45. The maximum Gasteiger partial charge on any atom is 0.321 e.